The molecule has 13 N–H and O–H groups in total. The first-order chi connectivity index (χ1) is 1.41. The first-order valence-corrected chi connectivity index (χ1v) is 0.494. The van der Waals surface area contributed by atoms with E-state index in [1.165, 1.54) is 0 Å². The summed E-state index contributed by atoms with van der Waals surface area (Å²) in [5.41, 5.74) is 0. The third kappa shape index (κ3) is 897. The molecule has 0 bridgehead atoms. The van der Waals surface area contributed by atoms with Gasteiger partial charge in [-0.2, -0.15) is 0 Å². The van der Waals surface area contributed by atoms with E-state index in [1.54, 1.807) is 0 Å². The molecule has 0 unspecified atom stereocenters. The van der Waals surface area contributed by atoms with Gasteiger partial charge in [0.2, 0.25) is 0 Å². The minimum atomic E-state index is -0.250. The van der Waals surface area contributed by atoms with E-state index in [0.29, 0.717) is 0 Å². The van der Waals surface area contributed by atoms with Crippen molar-refractivity contribution in [3.8, 4) is 0 Å². The standard InChI is InChI=1S/CH2O2.6H2O.2Zr/c2-1-3;;;;;;;;/h1H,(H,2,3);6*1H2;;. The zero-order valence-corrected chi connectivity index (χ0v) is 10.3. The van der Waals surface area contributed by atoms with Crippen LogP contribution in [0.5, 0.6) is 0 Å². The van der Waals surface area contributed by atoms with Gasteiger partial charge in [-0.05, 0) is 0 Å². The predicted octanol–water partition coefficient (Wildman–Crippen LogP) is -5.25. The van der Waals surface area contributed by atoms with Crippen molar-refractivity contribution in [1.29, 1.82) is 0 Å². The van der Waals surface area contributed by atoms with Crippen LogP contribution in [0, 0.1) is 0 Å². The summed E-state index contributed by atoms with van der Waals surface area (Å²) in [6, 6.07) is 0. The van der Waals surface area contributed by atoms with Crippen LogP contribution in [-0.4, -0.2) is 44.4 Å². The van der Waals surface area contributed by atoms with E-state index in [-0.39, 0.29) is 91.7 Å². The fraction of sp³-hybridized carbons (Fsp3) is 0. The fourth-order valence-electron chi connectivity index (χ4n) is 0. The fourth-order valence-corrected chi connectivity index (χ4v) is 0. The molecule has 0 aliphatic carbocycles. The van der Waals surface area contributed by atoms with Gasteiger partial charge >= 0.3 is 0 Å². The van der Waals surface area contributed by atoms with Crippen LogP contribution in [0.1, 0.15) is 0 Å². The van der Waals surface area contributed by atoms with Crippen LogP contribution >= 0.6 is 0 Å². The smallest absolute Gasteiger partial charge is 0.290 e. The van der Waals surface area contributed by atoms with Crippen LogP contribution < -0.4 is 0 Å². The van der Waals surface area contributed by atoms with Crippen LogP contribution in [0.3, 0.4) is 0 Å². The summed E-state index contributed by atoms with van der Waals surface area (Å²) >= 11 is 0. The average molecular weight is 337 g/mol. The van der Waals surface area contributed by atoms with Crippen molar-refractivity contribution in [2.45, 2.75) is 0 Å². The molecule has 0 radical (unpaired) electrons. The molecule has 0 spiro atoms. The Hall–Kier alpha value is 0.996. The number of carbonyl (C=O) groups is 1. The van der Waals surface area contributed by atoms with Crippen LogP contribution in [0.4, 0.5) is 0 Å². The molecule has 0 aromatic carbocycles. The van der Waals surface area contributed by atoms with Gasteiger partial charge in [-0.1, -0.05) is 0 Å². The van der Waals surface area contributed by atoms with Gasteiger partial charge in [0, 0.05) is 52.4 Å². The monoisotopic (exact) mass is 334 g/mol. The molecule has 0 aromatic heterocycles. The first-order valence-electron chi connectivity index (χ1n) is 0.494. The van der Waals surface area contributed by atoms with Gasteiger partial charge in [0.05, 0.1) is 0 Å². The molecule has 0 heterocycles. The van der Waals surface area contributed by atoms with Gasteiger partial charge in [-0.25, -0.2) is 0 Å². The van der Waals surface area contributed by atoms with Crippen molar-refractivity contribution in [2.75, 3.05) is 0 Å². The molecule has 10 heteroatoms. The molecule has 0 atom stereocenters. The summed E-state index contributed by atoms with van der Waals surface area (Å²) in [4.78, 5) is 8.36. The molecule has 11 heavy (non-hydrogen) atoms. The molecule has 0 amide bonds. The van der Waals surface area contributed by atoms with Crippen molar-refractivity contribution in [2.24, 2.45) is 0 Å². The van der Waals surface area contributed by atoms with E-state index in [9.17, 15) is 0 Å². The maximum Gasteiger partial charge on any atom is 0.290 e. The van der Waals surface area contributed by atoms with Crippen molar-refractivity contribution in [3.63, 3.8) is 0 Å². The quantitative estimate of drug-likeness (QED) is 0.427. The van der Waals surface area contributed by atoms with Gasteiger partial charge < -0.3 is 38.0 Å². The Morgan fingerprint density at radius 3 is 0.727 bits per heavy atom. The van der Waals surface area contributed by atoms with E-state index in [1.807, 2.05) is 0 Å². The Morgan fingerprint density at radius 1 is 0.727 bits per heavy atom. The SMILES string of the molecule is O.O.O.O.O.O.O=CO.[Zr].[Zr]. The molecule has 0 aliphatic rings. The van der Waals surface area contributed by atoms with E-state index in [0.717, 1.165) is 0 Å². The van der Waals surface area contributed by atoms with Crippen LogP contribution in [0.25, 0.3) is 0 Å². The van der Waals surface area contributed by atoms with Crippen molar-refractivity contribution >= 4 is 6.47 Å². The summed E-state index contributed by atoms with van der Waals surface area (Å²) in [6.07, 6.45) is 0. The second-order valence-electron chi connectivity index (χ2n) is 0.105. The first kappa shape index (κ1) is 162. The molecular formula is CH14O8Zr2. The Balaban J connectivity index is -0.000000000714. The van der Waals surface area contributed by atoms with Crippen molar-refractivity contribution in [1.82, 2.24) is 0 Å². The predicted molar refractivity (Wildman–Crippen MR) is 30.4 cm³/mol. The molecule has 74 valence electrons. The molecular weight excluding hydrogens is 322 g/mol. The maximum absolute atomic E-state index is 8.36. The molecule has 8 nitrogen and oxygen atoms in total. The minimum absolute atomic E-state index is 0. The van der Waals surface area contributed by atoms with Gasteiger partial charge in [0.15, 0.2) is 0 Å². The number of hydrogen-bond donors (Lipinski definition) is 1. The van der Waals surface area contributed by atoms with Crippen LogP contribution in [-0.2, 0) is 57.2 Å². The second-order valence-corrected chi connectivity index (χ2v) is 0.105. The molecule has 0 rings (SSSR count). The largest absolute Gasteiger partial charge is 0.483 e. The summed E-state index contributed by atoms with van der Waals surface area (Å²) in [6.45, 7) is -0.250. The third-order valence-electron chi connectivity index (χ3n) is 0. The molecule has 0 fully saturated rings. The maximum atomic E-state index is 8.36. The van der Waals surface area contributed by atoms with E-state index < -0.39 is 0 Å². The van der Waals surface area contributed by atoms with Gasteiger partial charge in [-0.15, -0.1) is 0 Å². The summed E-state index contributed by atoms with van der Waals surface area (Å²) in [7, 11) is 0. The van der Waals surface area contributed by atoms with E-state index in [4.69, 9.17) is 9.90 Å². The number of rotatable bonds is 0. The summed E-state index contributed by atoms with van der Waals surface area (Å²) in [5, 5.41) is 6.89. The minimum Gasteiger partial charge on any atom is -0.483 e. The normalized spacial score (nSPS) is 1.09. The average Bonchev–Trinajstić information content (AvgIpc) is 0.918. The zero-order chi connectivity index (χ0) is 2.71. The van der Waals surface area contributed by atoms with Gasteiger partial charge in [0.25, 0.3) is 6.47 Å². The van der Waals surface area contributed by atoms with E-state index in [2.05, 4.69) is 0 Å². The molecule has 0 saturated heterocycles. The van der Waals surface area contributed by atoms with Crippen LogP contribution in [0.2, 0.25) is 0 Å². The van der Waals surface area contributed by atoms with Crippen LogP contribution in [0.15, 0.2) is 0 Å². The summed E-state index contributed by atoms with van der Waals surface area (Å²) < 4.78 is 0. The third-order valence-corrected chi connectivity index (χ3v) is 0. The topological polar surface area (TPSA) is 226 Å². The number of carboxylic acid groups (broad SMARTS) is 1. The second kappa shape index (κ2) is 276. The van der Waals surface area contributed by atoms with E-state index >= 15 is 0 Å². The van der Waals surface area contributed by atoms with Gasteiger partial charge in [0.1, 0.15) is 0 Å². The summed E-state index contributed by atoms with van der Waals surface area (Å²) in [5.74, 6) is 0. The van der Waals surface area contributed by atoms with Crippen molar-refractivity contribution < 1.29 is 95.2 Å². The molecule has 0 aliphatic heterocycles. The molecule has 0 saturated carbocycles. The Bertz CT molecular complexity index is 19.6. The van der Waals surface area contributed by atoms with Crippen molar-refractivity contribution in [3.05, 3.63) is 0 Å². The zero-order valence-electron chi connectivity index (χ0n) is 5.43. The molecule has 0 aromatic rings. The Morgan fingerprint density at radius 2 is 0.727 bits per heavy atom. The Kier molecular flexibility index (Phi) is 4050. The number of hydrogen-bond acceptors (Lipinski definition) is 1. The Labute approximate surface area is 101 Å². The van der Waals surface area contributed by atoms with Gasteiger partial charge in [-0.3, -0.25) is 4.79 Å².